The highest BCUT2D eigenvalue weighted by molar-refractivity contribution is 6.33. The van der Waals surface area contributed by atoms with Crippen LogP contribution in [0, 0.1) is 5.82 Å². The lowest BCUT2D eigenvalue weighted by molar-refractivity contribution is 0.197. The molecule has 1 aromatic carbocycles. The van der Waals surface area contributed by atoms with Gasteiger partial charge in [-0.05, 0) is 18.2 Å². The third-order valence-corrected chi connectivity index (χ3v) is 2.71. The van der Waals surface area contributed by atoms with Crippen LogP contribution in [0.3, 0.4) is 0 Å². The topological polar surface area (TPSA) is 60.2 Å². The Labute approximate surface area is 114 Å². The van der Waals surface area contributed by atoms with Gasteiger partial charge < -0.3 is 14.6 Å². The van der Waals surface area contributed by atoms with E-state index >= 15 is 0 Å². The maximum absolute atomic E-state index is 12.9. The molecule has 5 nitrogen and oxygen atoms in total. The second kappa shape index (κ2) is 6.60. The number of hydrogen-bond donors (Lipinski definition) is 1. The van der Waals surface area contributed by atoms with Crippen molar-refractivity contribution in [3.63, 3.8) is 0 Å². The fourth-order valence-corrected chi connectivity index (χ4v) is 1.73. The molecule has 0 spiro atoms. The molecule has 0 aliphatic carbocycles. The van der Waals surface area contributed by atoms with E-state index in [2.05, 4.69) is 15.5 Å². The minimum atomic E-state index is -0.404. The standard InChI is InChI=1S/C12H13ClFN3O2/c1-18-5-4-15-7-11-16-12(17-19-11)9-3-2-8(14)6-10(9)13/h2-3,6,15H,4-5,7H2,1H3. The first-order chi connectivity index (χ1) is 9.20. The molecule has 0 radical (unpaired) electrons. The quantitative estimate of drug-likeness (QED) is 0.825. The van der Waals surface area contributed by atoms with Gasteiger partial charge in [0.2, 0.25) is 11.7 Å². The summed E-state index contributed by atoms with van der Waals surface area (Å²) in [5.74, 6) is 0.374. The van der Waals surface area contributed by atoms with Crippen molar-refractivity contribution in [1.82, 2.24) is 15.5 Å². The third kappa shape index (κ3) is 3.73. The van der Waals surface area contributed by atoms with Crippen molar-refractivity contribution in [1.29, 1.82) is 0 Å². The molecule has 0 aliphatic heterocycles. The molecule has 0 unspecified atom stereocenters. The fourth-order valence-electron chi connectivity index (χ4n) is 1.48. The molecule has 1 heterocycles. The van der Waals surface area contributed by atoms with Crippen LogP contribution in [0.15, 0.2) is 22.7 Å². The van der Waals surface area contributed by atoms with Crippen molar-refractivity contribution in [3.05, 3.63) is 34.9 Å². The van der Waals surface area contributed by atoms with E-state index in [0.29, 0.717) is 37.0 Å². The Balaban J connectivity index is 2.04. The lowest BCUT2D eigenvalue weighted by atomic mass is 10.2. The van der Waals surface area contributed by atoms with E-state index in [9.17, 15) is 4.39 Å². The van der Waals surface area contributed by atoms with E-state index in [1.54, 1.807) is 7.11 Å². The molecule has 0 atom stereocenters. The van der Waals surface area contributed by atoms with Crippen LogP contribution in [0.1, 0.15) is 5.89 Å². The molecule has 19 heavy (non-hydrogen) atoms. The summed E-state index contributed by atoms with van der Waals surface area (Å²) < 4.78 is 22.9. The molecule has 0 saturated carbocycles. The molecule has 0 bridgehead atoms. The number of ether oxygens (including phenoxy) is 1. The summed E-state index contributed by atoms with van der Waals surface area (Å²) in [7, 11) is 1.63. The van der Waals surface area contributed by atoms with Gasteiger partial charge in [0.05, 0.1) is 18.2 Å². The van der Waals surface area contributed by atoms with Gasteiger partial charge >= 0.3 is 0 Å². The Morgan fingerprint density at radius 3 is 3.05 bits per heavy atom. The maximum Gasteiger partial charge on any atom is 0.240 e. The number of hydrogen-bond acceptors (Lipinski definition) is 5. The predicted octanol–water partition coefficient (Wildman–Crippen LogP) is 2.27. The minimum absolute atomic E-state index is 0.250. The van der Waals surface area contributed by atoms with Gasteiger partial charge in [0.25, 0.3) is 0 Å². The molecule has 1 N–H and O–H groups in total. The van der Waals surface area contributed by atoms with Crippen LogP contribution in [0.5, 0.6) is 0 Å². The molecule has 7 heteroatoms. The molecular weight excluding hydrogens is 273 g/mol. The first kappa shape index (κ1) is 13.9. The number of methoxy groups -OCH3 is 1. The molecule has 102 valence electrons. The zero-order valence-electron chi connectivity index (χ0n) is 10.3. The van der Waals surface area contributed by atoms with Crippen LogP contribution >= 0.6 is 11.6 Å². The van der Waals surface area contributed by atoms with Crippen molar-refractivity contribution >= 4 is 11.6 Å². The molecular formula is C12H13ClFN3O2. The Morgan fingerprint density at radius 2 is 2.32 bits per heavy atom. The van der Waals surface area contributed by atoms with Crippen molar-refractivity contribution in [2.75, 3.05) is 20.3 Å². The normalized spacial score (nSPS) is 10.9. The van der Waals surface area contributed by atoms with Crippen molar-refractivity contribution < 1.29 is 13.7 Å². The van der Waals surface area contributed by atoms with Crippen LogP contribution in [0.25, 0.3) is 11.4 Å². The lowest BCUT2D eigenvalue weighted by Crippen LogP contribution is -2.18. The summed E-state index contributed by atoms with van der Waals surface area (Å²) in [5, 5.41) is 7.14. The zero-order chi connectivity index (χ0) is 13.7. The van der Waals surface area contributed by atoms with Crippen molar-refractivity contribution in [2.45, 2.75) is 6.54 Å². The molecule has 0 saturated heterocycles. The number of nitrogens with one attached hydrogen (secondary N) is 1. The molecule has 0 aliphatic rings. The van der Waals surface area contributed by atoms with Gasteiger partial charge in [-0.2, -0.15) is 4.98 Å². The van der Waals surface area contributed by atoms with Gasteiger partial charge in [-0.3, -0.25) is 0 Å². The smallest absolute Gasteiger partial charge is 0.240 e. The highest BCUT2D eigenvalue weighted by Gasteiger charge is 2.12. The number of benzene rings is 1. The molecule has 1 aromatic heterocycles. The third-order valence-electron chi connectivity index (χ3n) is 2.40. The van der Waals surface area contributed by atoms with Crippen LogP contribution in [-0.4, -0.2) is 30.4 Å². The molecule has 2 rings (SSSR count). The van der Waals surface area contributed by atoms with Gasteiger partial charge in [-0.15, -0.1) is 0 Å². The number of nitrogens with zero attached hydrogens (tertiary/aromatic N) is 2. The van der Waals surface area contributed by atoms with Gasteiger partial charge in [-0.25, -0.2) is 4.39 Å². The predicted molar refractivity (Wildman–Crippen MR) is 68.3 cm³/mol. The zero-order valence-corrected chi connectivity index (χ0v) is 11.1. The highest BCUT2D eigenvalue weighted by Crippen LogP contribution is 2.26. The Morgan fingerprint density at radius 1 is 1.47 bits per heavy atom. The largest absolute Gasteiger partial charge is 0.383 e. The monoisotopic (exact) mass is 285 g/mol. The average molecular weight is 286 g/mol. The Bertz CT molecular complexity index is 548. The average Bonchev–Trinajstić information content (AvgIpc) is 2.83. The first-order valence-corrected chi connectivity index (χ1v) is 6.06. The molecule has 0 fully saturated rings. The number of aromatic nitrogens is 2. The SMILES string of the molecule is COCCNCc1nc(-c2ccc(F)cc2Cl)no1. The Kier molecular flexibility index (Phi) is 4.84. The fraction of sp³-hybridized carbons (Fsp3) is 0.333. The van der Waals surface area contributed by atoms with Crippen LogP contribution in [0.2, 0.25) is 5.02 Å². The van der Waals surface area contributed by atoms with Gasteiger partial charge in [0.1, 0.15) is 5.82 Å². The summed E-state index contributed by atoms with van der Waals surface area (Å²) in [5.41, 5.74) is 0.537. The van der Waals surface area contributed by atoms with E-state index in [-0.39, 0.29) is 5.02 Å². The van der Waals surface area contributed by atoms with Gasteiger partial charge in [0.15, 0.2) is 0 Å². The van der Waals surface area contributed by atoms with E-state index in [4.69, 9.17) is 20.9 Å². The van der Waals surface area contributed by atoms with Gasteiger partial charge in [-0.1, -0.05) is 16.8 Å². The van der Waals surface area contributed by atoms with Crippen molar-refractivity contribution in [3.8, 4) is 11.4 Å². The summed E-state index contributed by atoms with van der Waals surface area (Å²) in [6.45, 7) is 1.73. The maximum atomic E-state index is 12.9. The summed E-state index contributed by atoms with van der Waals surface area (Å²) in [6, 6.07) is 4.03. The first-order valence-electron chi connectivity index (χ1n) is 5.68. The molecule has 0 amide bonds. The van der Waals surface area contributed by atoms with E-state index in [1.165, 1.54) is 18.2 Å². The summed E-state index contributed by atoms with van der Waals surface area (Å²) in [4.78, 5) is 4.18. The number of rotatable bonds is 6. The Hall–Kier alpha value is -1.50. The lowest BCUT2D eigenvalue weighted by Gasteiger charge is -1.99. The summed E-state index contributed by atoms with van der Waals surface area (Å²) >= 11 is 5.93. The molecule has 2 aromatic rings. The second-order valence-corrected chi connectivity index (χ2v) is 4.21. The van der Waals surface area contributed by atoms with Crippen LogP contribution in [-0.2, 0) is 11.3 Å². The van der Waals surface area contributed by atoms with Crippen LogP contribution in [0.4, 0.5) is 4.39 Å². The van der Waals surface area contributed by atoms with E-state index in [0.717, 1.165) is 0 Å². The van der Waals surface area contributed by atoms with Crippen LogP contribution < -0.4 is 5.32 Å². The van der Waals surface area contributed by atoms with Crippen molar-refractivity contribution in [2.24, 2.45) is 0 Å². The van der Waals surface area contributed by atoms with Gasteiger partial charge in [0, 0.05) is 19.2 Å². The second-order valence-electron chi connectivity index (χ2n) is 3.81. The highest BCUT2D eigenvalue weighted by atomic mass is 35.5. The van der Waals surface area contributed by atoms with E-state index in [1.807, 2.05) is 0 Å². The van der Waals surface area contributed by atoms with E-state index < -0.39 is 5.82 Å². The number of halogens is 2. The summed E-state index contributed by atoms with van der Waals surface area (Å²) in [6.07, 6.45) is 0. The minimum Gasteiger partial charge on any atom is -0.383 e.